The van der Waals surface area contributed by atoms with Crippen molar-refractivity contribution in [3.05, 3.63) is 0 Å². The minimum Gasteiger partial charge on any atom is -0.396 e. The SMILES string of the molecule is COC(O)C(Cl)(Cl)CCO. The maximum atomic E-state index is 8.92. The largest absolute Gasteiger partial charge is 0.396 e. The van der Waals surface area contributed by atoms with Gasteiger partial charge in [0.1, 0.15) is 0 Å². The van der Waals surface area contributed by atoms with Gasteiger partial charge in [-0.05, 0) is 0 Å². The van der Waals surface area contributed by atoms with Crippen molar-refractivity contribution in [1.29, 1.82) is 0 Å². The van der Waals surface area contributed by atoms with Crippen molar-refractivity contribution in [2.24, 2.45) is 0 Å². The van der Waals surface area contributed by atoms with Crippen molar-refractivity contribution < 1.29 is 14.9 Å². The van der Waals surface area contributed by atoms with Crippen LogP contribution in [0, 0.1) is 0 Å². The molecule has 0 saturated heterocycles. The third kappa shape index (κ3) is 3.03. The van der Waals surface area contributed by atoms with E-state index in [2.05, 4.69) is 4.74 Å². The molecule has 0 aromatic carbocycles. The van der Waals surface area contributed by atoms with E-state index in [1.165, 1.54) is 7.11 Å². The molecule has 3 nitrogen and oxygen atoms in total. The molecule has 0 aliphatic carbocycles. The van der Waals surface area contributed by atoms with Crippen molar-refractivity contribution in [1.82, 2.24) is 0 Å². The topological polar surface area (TPSA) is 49.7 Å². The zero-order valence-electron chi connectivity index (χ0n) is 5.55. The van der Waals surface area contributed by atoms with E-state index < -0.39 is 10.6 Å². The van der Waals surface area contributed by atoms with E-state index in [0.29, 0.717) is 0 Å². The second-order valence-corrected chi connectivity index (χ2v) is 3.37. The second-order valence-electron chi connectivity index (χ2n) is 1.82. The third-order valence-electron chi connectivity index (χ3n) is 1.03. The lowest BCUT2D eigenvalue weighted by Crippen LogP contribution is -2.33. The normalized spacial score (nSPS) is 15.3. The van der Waals surface area contributed by atoms with Gasteiger partial charge in [-0.2, -0.15) is 0 Å². The Bertz CT molecular complexity index is 96.9. The van der Waals surface area contributed by atoms with Gasteiger partial charge < -0.3 is 14.9 Å². The van der Waals surface area contributed by atoms with Crippen LogP contribution in [-0.4, -0.2) is 34.6 Å². The van der Waals surface area contributed by atoms with Crippen LogP contribution in [0.15, 0.2) is 0 Å². The fraction of sp³-hybridized carbons (Fsp3) is 1.00. The molecule has 0 saturated carbocycles. The quantitative estimate of drug-likeness (QED) is 0.500. The van der Waals surface area contributed by atoms with E-state index in [1.807, 2.05) is 0 Å². The van der Waals surface area contributed by atoms with Crippen LogP contribution in [-0.2, 0) is 4.74 Å². The van der Waals surface area contributed by atoms with Gasteiger partial charge in [-0.1, -0.05) is 23.2 Å². The predicted molar refractivity (Wildman–Crippen MR) is 39.2 cm³/mol. The van der Waals surface area contributed by atoms with Gasteiger partial charge in [-0.3, -0.25) is 0 Å². The second kappa shape index (κ2) is 4.36. The summed E-state index contributed by atoms with van der Waals surface area (Å²) in [5, 5.41) is 17.3. The molecule has 10 heavy (non-hydrogen) atoms. The number of aliphatic hydroxyl groups is 2. The van der Waals surface area contributed by atoms with Gasteiger partial charge in [-0.25, -0.2) is 0 Å². The summed E-state index contributed by atoms with van der Waals surface area (Å²) >= 11 is 11.0. The highest BCUT2D eigenvalue weighted by atomic mass is 35.5. The summed E-state index contributed by atoms with van der Waals surface area (Å²) in [6, 6.07) is 0. The molecule has 0 amide bonds. The highest BCUT2D eigenvalue weighted by Crippen LogP contribution is 2.29. The van der Waals surface area contributed by atoms with Gasteiger partial charge in [-0.15, -0.1) is 0 Å². The average Bonchev–Trinajstić information content (AvgIpc) is 1.86. The lowest BCUT2D eigenvalue weighted by atomic mass is 10.3. The summed E-state index contributed by atoms with van der Waals surface area (Å²) in [6.45, 7) is -0.187. The monoisotopic (exact) mass is 188 g/mol. The Morgan fingerprint density at radius 2 is 2.10 bits per heavy atom. The van der Waals surface area contributed by atoms with Gasteiger partial charge in [0.05, 0.1) is 0 Å². The molecule has 1 atom stereocenters. The van der Waals surface area contributed by atoms with Gasteiger partial charge in [0.15, 0.2) is 10.6 Å². The van der Waals surface area contributed by atoms with E-state index in [0.717, 1.165) is 0 Å². The first kappa shape index (κ1) is 10.5. The fourth-order valence-electron chi connectivity index (χ4n) is 0.445. The number of halogens is 2. The molecule has 0 aliphatic heterocycles. The summed E-state index contributed by atoms with van der Waals surface area (Å²) in [5.41, 5.74) is 0. The number of hydrogen-bond donors (Lipinski definition) is 2. The van der Waals surface area contributed by atoms with E-state index in [4.69, 9.17) is 33.4 Å². The van der Waals surface area contributed by atoms with Crippen molar-refractivity contribution in [2.45, 2.75) is 17.0 Å². The molecule has 0 spiro atoms. The summed E-state index contributed by atoms with van der Waals surface area (Å²) in [7, 11) is 1.28. The predicted octanol–water partition coefficient (Wildman–Crippen LogP) is 0.507. The van der Waals surface area contributed by atoms with Gasteiger partial charge in [0.25, 0.3) is 0 Å². The molecule has 0 rings (SSSR count). The van der Waals surface area contributed by atoms with Crippen LogP contribution in [0.3, 0.4) is 0 Å². The Morgan fingerprint density at radius 1 is 1.60 bits per heavy atom. The highest BCUT2D eigenvalue weighted by Gasteiger charge is 2.32. The Hall–Kier alpha value is 0.460. The average molecular weight is 189 g/mol. The Kier molecular flexibility index (Phi) is 4.56. The molecule has 0 aromatic rings. The van der Waals surface area contributed by atoms with Crippen molar-refractivity contribution in [3.63, 3.8) is 0 Å². The zero-order valence-corrected chi connectivity index (χ0v) is 7.06. The maximum Gasteiger partial charge on any atom is 0.187 e. The maximum absolute atomic E-state index is 8.92. The first-order chi connectivity index (χ1) is 4.54. The first-order valence-corrected chi connectivity index (χ1v) is 3.49. The molecule has 0 aliphatic rings. The number of rotatable bonds is 4. The Morgan fingerprint density at radius 3 is 2.40 bits per heavy atom. The molecule has 62 valence electrons. The first-order valence-electron chi connectivity index (χ1n) is 2.74. The van der Waals surface area contributed by atoms with Crippen LogP contribution < -0.4 is 0 Å². The summed E-state index contributed by atoms with van der Waals surface area (Å²) in [5.74, 6) is 0. The Labute approximate surface area is 69.5 Å². The summed E-state index contributed by atoms with van der Waals surface area (Å²) in [4.78, 5) is 0. The zero-order chi connectivity index (χ0) is 8.20. The molecule has 0 fully saturated rings. The van der Waals surface area contributed by atoms with E-state index in [9.17, 15) is 0 Å². The fourth-order valence-corrected chi connectivity index (χ4v) is 0.792. The van der Waals surface area contributed by atoms with Crippen molar-refractivity contribution >= 4 is 23.2 Å². The van der Waals surface area contributed by atoms with E-state index in [-0.39, 0.29) is 13.0 Å². The number of alkyl halides is 2. The lowest BCUT2D eigenvalue weighted by Gasteiger charge is -2.22. The number of hydrogen-bond acceptors (Lipinski definition) is 3. The van der Waals surface area contributed by atoms with Crippen LogP contribution in [0.25, 0.3) is 0 Å². The number of methoxy groups -OCH3 is 1. The number of aliphatic hydroxyl groups excluding tert-OH is 2. The number of ether oxygens (including phenoxy) is 1. The molecule has 2 N–H and O–H groups in total. The van der Waals surface area contributed by atoms with E-state index >= 15 is 0 Å². The van der Waals surface area contributed by atoms with Crippen LogP contribution in [0.4, 0.5) is 0 Å². The van der Waals surface area contributed by atoms with Crippen LogP contribution in [0.5, 0.6) is 0 Å². The third-order valence-corrected chi connectivity index (χ3v) is 1.78. The minimum absolute atomic E-state index is 0.0745. The standard InChI is InChI=1S/C5H10Cl2O3/c1-10-4(9)5(6,7)2-3-8/h4,8-9H,2-3H2,1H3. The summed E-state index contributed by atoms with van der Waals surface area (Å²) < 4.78 is 3.03. The van der Waals surface area contributed by atoms with Gasteiger partial charge in [0, 0.05) is 20.1 Å². The smallest absolute Gasteiger partial charge is 0.187 e. The molecule has 0 bridgehead atoms. The highest BCUT2D eigenvalue weighted by molar-refractivity contribution is 6.48. The van der Waals surface area contributed by atoms with Crippen LogP contribution in [0.2, 0.25) is 0 Å². The van der Waals surface area contributed by atoms with Crippen LogP contribution >= 0.6 is 23.2 Å². The summed E-state index contributed by atoms with van der Waals surface area (Å²) in [6.07, 6.45) is -1.19. The molecule has 5 heteroatoms. The van der Waals surface area contributed by atoms with Crippen LogP contribution in [0.1, 0.15) is 6.42 Å². The van der Waals surface area contributed by atoms with Gasteiger partial charge in [0.2, 0.25) is 0 Å². The molecular weight excluding hydrogens is 179 g/mol. The van der Waals surface area contributed by atoms with Crippen molar-refractivity contribution in [3.8, 4) is 0 Å². The molecule has 1 unspecified atom stereocenters. The molecule has 0 radical (unpaired) electrons. The molecular formula is C5H10Cl2O3. The Balaban J connectivity index is 3.82. The lowest BCUT2D eigenvalue weighted by molar-refractivity contribution is -0.0869. The van der Waals surface area contributed by atoms with Crippen molar-refractivity contribution in [2.75, 3.05) is 13.7 Å². The molecule has 0 heterocycles. The van der Waals surface area contributed by atoms with E-state index in [1.54, 1.807) is 0 Å². The molecule has 0 aromatic heterocycles. The van der Waals surface area contributed by atoms with Gasteiger partial charge >= 0.3 is 0 Å². The minimum atomic E-state index is -1.41.